The average molecular weight is 290 g/mol. The fraction of sp³-hybridized carbons (Fsp3) is 0. The Balaban J connectivity index is 2.12. The normalized spacial score (nSPS) is 10.6. The highest BCUT2D eigenvalue weighted by molar-refractivity contribution is 6.42. The number of rotatable bonds is 2. The molecule has 0 aliphatic rings. The molecule has 1 N–H and O–H groups in total. The lowest BCUT2D eigenvalue weighted by molar-refractivity contribution is 1.30. The number of nitrogens with zero attached hydrogens (tertiary/aromatic N) is 2. The van der Waals surface area contributed by atoms with Crippen molar-refractivity contribution in [1.29, 1.82) is 0 Å². The van der Waals surface area contributed by atoms with Crippen LogP contribution < -0.4 is 0 Å². The Labute approximate surface area is 120 Å². The molecule has 0 saturated heterocycles. The predicted octanol–water partition coefficient (Wildman–Crippen LogP) is 4.45. The van der Waals surface area contributed by atoms with E-state index in [0.29, 0.717) is 10.0 Å². The fourth-order valence-electron chi connectivity index (χ4n) is 1.90. The van der Waals surface area contributed by atoms with Gasteiger partial charge in [0.1, 0.15) is 0 Å². The molecule has 3 aromatic rings. The van der Waals surface area contributed by atoms with Crippen LogP contribution in [0.25, 0.3) is 22.5 Å². The summed E-state index contributed by atoms with van der Waals surface area (Å²) >= 11 is 12.0. The first-order valence-corrected chi connectivity index (χ1v) is 6.40. The third kappa shape index (κ3) is 2.35. The molecule has 19 heavy (non-hydrogen) atoms. The van der Waals surface area contributed by atoms with Crippen molar-refractivity contribution in [2.75, 3.05) is 0 Å². The molecule has 2 aromatic heterocycles. The first-order chi connectivity index (χ1) is 9.25. The molecule has 0 atom stereocenters. The Kier molecular flexibility index (Phi) is 3.23. The van der Waals surface area contributed by atoms with Gasteiger partial charge in [0.05, 0.1) is 27.8 Å². The number of H-pyrrole nitrogens is 1. The Morgan fingerprint density at radius 1 is 0.895 bits per heavy atom. The first kappa shape index (κ1) is 12.2. The molecule has 0 aliphatic carbocycles. The van der Waals surface area contributed by atoms with Crippen molar-refractivity contribution >= 4 is 23.2 Å². The summed E-state index contributed by atoms with van der Waals surface area (Å²) in [7, 11) is 0. The van der Waals surface area contributed by atoms with Gasteiger partial charge in [0.2, 0.25) is 0 Å². The monoisotopic (exact) mass is 289 g/mol. The molecule has 3 nitrogen and oxygen atoms in total. The standard InChI is InChI=1S/C14H9Cl2N3/c15-11-2-1-10(7-12(11)16)14-13(18-8-19-14)9-3-5-17-6-4-9/h1-8H,(H,18,19). The molecule has 0 radical (unpaired) electrons. The maximum atomic E-state index is 6.05. The van der Waals surface area contributed by atoms with Crippen LogP contribution in [-0.4, -0.2) is 15.0 Å². The van der Waals surface area contributed by atoms with E-state index in [0.717, 1.165) is 22.5 Å². The zero-order valence-corrected chi connectivity index (χ0v) is 11.3. The molecule has 3 rings (SSSR count). The predicted molar refractivity (Wildman–Crippen MR) is 77.3 cm³/mol. The third-order valence-electron chi connectivity index (χ3n) is 2.80. The molecule has 0 spiro atoms. The van der Waals surface area contributed by atoms with Gasteiger partial charge in [-0.3, -0.25) is 4.98 Å². The summed E-state index contributed by atoms with van der Waals surface area (Å²) in [5, 5.41) is 1.05. The van der Waals surface area contributed by atoms with Crippen molar-refractivity contribution in [3.05, 3.63) is 59.1 Å². The van der Waals surface area contributed by atoms with Gasteiger partial charge in [0, 0.05) is 23.5 Å². The van der Waals surface area contributed by atoms with Crippen LogP contribution in [0.2, 0.25) is 10.0 Å². The lowest BCUT2D eigenvalue weighted by Gasteiger charge is -2.04. The number of aromatic amines is 1. The molecule has 2 heterocycles. The highest BCUT2D eigenvalue weighted by atomic mass is 35.5. The van der Waals surface area contributed by atoms with Crippen LogP contribution in [0.3, 0.4) is 0 Å². The number of hydrogen-bond acceptors (Lipinski definition) is 2. The SMILES string of the molecule is Clc1ccc(-c2nc[nH]c2-c2ccncc2)cc1Cl. The van der Waals surface area contributed by atoms with Crippen molar-refractivity contribution in [1.82, 2.24) is 15.0 Å². The Morgan fingerprint density at radius 2 is 1.68 bits per heavy atom. The van der Waals surface area contributed by atoms with E-state index in [1.807, 2.05) is 24.3 Å². The molecule has 0 amide bonds. The van der Waals surface area contributed by atoms with Crippen LogP contribution in [-0.2, 0) is 0 Å². The number of nitrogens with one attached hydrogen (secondary N) is 1. The Morgan fingerprint density at radius 3 is 2.42 bits per heavy atom. The number of benzene rings is 1. The average Bonchev–Trinajstić information content (AvgIpc) is 2.92. The van der Waals surface area contributed by atoms with Crippen LogP contribution >= 0.6 is 23.2 Å². The Hall–Kier alpha value is -1.84. The topological polar surface area (TPSA) is 41.6 Å². The molecule has 0 bridgehead atoms. The molecule has 0 aliphatic heterocycles. The number of aromatic nitrogens is 3. The first-order valence-electron chi connectivity index (χ1n) is 5.65. The van der Waals surface area contributed by atoms with Gasteiger partial charge in [0.25, 0.3) is 0 Å². The smallest absolute Gasteiger partial charge is 0.0961 e. The van der Waals surface area contributed by atoms with Gasteiger partial charge < -0.3 is 4.98 Å². The summed E-state index contributed by atoms with van der Waals surface area (Å²) in [5.74, 6) is 0. The van der Waals surface area contributed by atoms with Crippen LogP contribution in [0.5, 0.6) is 0 Å². The van der Waals surface area contributed by atoms with Gasteiger partial charge in [-0.2, -0.15) is 0 Å². The largest absolute Gasteiger partial charge is 0.344 e. The molecule has 0 saturated carbocycles. The summed E-state index contributed by atoms with van der Waals surface area (Å²) in [5.41, 5.74) is 3.71. The minimum absolute atomic E-state index is 0.517. The maximum Gasteiger partial charge on any atom is 0.0961 e. The van der Waals surface area contributed by atoms with Gasteiger partial charge in [0.15, 0.2) is 0 Å². The van der Waals surface area contributed by atoms with Gasteiger partial charge in [-0.25, -0.2) is 4.98 Å². The molecule has 1 aromatic carbocycles. The second-order valence-electron chi connectivity index (χ2n) is 3.99. The fourth-order valence-corrected chi connectivity index (χ4v) is 2.19. The summed E-state index contributed by atoms with van der Waals surface area (Å²) in [6.45, 7) is 0. The molecule has 0 fully saturated rings. The third-order valence-corrected chi connectivity index (χ3v) is 3.54. The zero-order valence-electron chi connectivity index (χ0n) is 9.77. The quantitative estimate of drug-likeness (QED) is 0.757. The molecular weight excluding hydrogens is 281 g/mol. The van der Waals surface area contributed by atoms with Crippen molar-refractivity contribution in [3.8, 4) is 22.5 Å². The van der Waals surface area contributed by atoms with E-state index in [9.17, 15) is 0 Å². The summed E-state index contributed by atoms with van der Waals surface area (Å²) in [6, 6.07) is 9.33. The van der Waals surface area contributed by atoms with Crippen molar-refractivity contribution in [2.45, 2.75) is 0 Å². The van der Waals surface area contributed by atoms with E-state index >= 15 is 0 Å². The minimum Gasteiger partial charge on any atom is -0.344 e. The van der Waals surface area contributed by atoms with Crippen molar-refractivity contribution in [2.24, 2.45) is 0 Å². The van der Waals surface area contributed by atoms with Crippen molar-refractivity contribution in [3.63, 3.8) is 0 Å². The molecule has 0 unspecified atom stereocenters. The molecule has 5 heteroatoms. The van der Waals surface area contributed by atoms with E-state index in [2.05, 4.69) is 15.0 Å². The number of imidazole rings is 1. The van der Waals surface area contributed by atoms with Crippen molar-refractivity contribution < 1.29 is 0 Å². The Bertz CT molecular complexity index is 708. The second-order valence-corrected chi connectivity index (χ2v) is 4.81. The van der Waals surface area contributed by atoms with E-state index in [1.54, 1.807) is 24.8 Å². The zero-order chi connectivity index (χ0) is 13.2. The van der Waals surface area contributed by atoms with E-state index in [4.69, 9.17) is 23.2 Å². The molecule has 94 valence electrons. The number of pyridine rings is 1. The summed E-state index contributed by atoms with van der Waals surface area (Å²) in [4.78, 5) is 11.5. The molecular formula is C14H9Cl2N3. The minimum atomic E-state index is 0.517. The maximum absolute atomic E-state index is 6.05. The number of hydrogen-bond donors (Lipinski definition) is 1. The summed E-state index contributed by atoms with van der Waals surface area (Å²) in [6.07, 6.45) is 5.15. The lowest BCUT2D eigenvalue weighted by atomic mass is 10.1. The van der Waals surface area contributed by atoms with Gasteiger partial charge in [-0.15, -0.1) is 0 Å². The lowest BCUT2D eigenvalue weighted by Crippen LogP contribution is -1.84. The van der Waals surface area contributed by atoms with Gasteiger partial charge in [-0.1, -0.05) is 29.3 Å². The highest BCUT2D eigenvalue weighted by Crippen LogP contribution is 2.32. The summed E-state index contributed by atoms with van der Waals surface area (Å²) < 4.78 is 0. The van der Waals surface area contributed by atoms with Crippen LogP contribution in [0.4, 0.5) is 0 Å². The van der Waals surface area contributed by atoms with E-state index in [-0.39, 0.29) is 0 Å². The highest BCUT2D eigenvalue weighted by Gasteiger charge is 2.11. The number of halogens is 2. The van der Waals surface area contributed by atoms with Crippen LogP contribution in [0.1, 0.15) is 0 Å². The van der Waals surface area contributed by atoms with Gasteiger partial charge >= 0.3 is 0 Å². The van der Waals surface area contributed by atoms with Gasteiger partial charge in [-0.05, 0) is 24.3 Å². The van der Waals surface area contributed by atoms with Crippen LogP contribution in [0.15, 0.2) is 49.1 Å². The second kappa shape index (κ2) is 5.03. The van der Waals surface area contributed by atoms with E-state index in [1.165, 1.54) is 0 Å². The van der Waals surface area contributed by atoms with E-state index < -0.39 is 0 Å². The van der Waals surface area contributed by atoms with Crippen LogP contribution in [0, 0.1) is 0 Å².